The van der Waals surface area contributed by atoms with E-state index in [9.17, 15) is 10.2 Å². The predicted octanol–water partition coefficient (Wildman–Crippen LogP) is 1.91. The Hall–Kier alpha value is -1.06. The van der Waals surface area contributed by atoms with Crippen LogP contribution in [0.4, 0.5) is 0 Å². The molecule has 2 N–H and O–H groups in total. The van der Waals surface area contributed by atoms with Crippen LogP contribution in [0.5, 0.6) is 5.75 Å². The van der Waals surface area contributed by atoms with Gasteiger partial charge in [-0.3, -0.25) is 0 Å². The Morgan fingerprint density at radius 2 is 1.40 bits per heavy atom. The zero-order valence-electron chi connectivity index (χ0n) is 9.88. The average Bonchev–Trinajstić information content (AvgIpc) is 2.15. The normalized spacial score (nSPS) is 10.9. The molecule has 3 nitrogen and oxygen atoms in total. The molecule has 0 amide bonds. The van der Waals surface area contributed by atoms with E-state index in [1.807, 2.05) is 27.7 Å². The third-order valence-electron chi connectivity index (χ3n) is 3.08. The highest BCUT2D eigenvalue weighted by atomic mass is 16.5. The first-order chi connectivity index (χ1) is 6.91. The van der Waals surface area contributed by atoms with E-state index in [1.54, 1.807) is 7.11 Å². The first kappa shape index (κ1) is 12.0. The van der Waals surface area contributed by atoms with Crippen LogP contribution in [-0.4, -0.2) is 17.3 Å². The van der Waals surface area contributed by atoms with E-state index in [2.05, 4.69) is 0 Å². The summed E-state index contributed by atoms with van der Waals surface area (Å²) in [6.07, 6.45) is -1.45. The monoisotopic (exact) mass is 210 g/mol. The number of aliphatic hydroxyl groups is 2. The van der Waals surface area contributed by atoms with Gasteiger partial charge in [0.25, 0.3) is 0 Å². The summed E-state index contributed by atoms with van der Waals surface area (Å²) in [6.45, 7) is 7.66. The molecule has 0 atom stereocenters. The van der Waals surface area contributed by atoms with Gasteiger partial charge in [-0.15, -0.1) is 0 Å². The summed E-state index contributed by atoms with van der Waals surface area (Å²) in [6, 6.07) is 0. The second-order valence-electron chi connectivity index (χ2n) is 3.82. The van der Waals surface area contributed by atoms with E-state index in [-0.39, 0.29) is 0 Å². The minimum Gasteiger partial charge on any atom is -0.496 e. The first-order valence-electron chi connectivity index (χ1n) is 4.92. The molecular weight excluding hydrogens is 192 g/mol. The Kier molecular flexibility index (Phi) is 3.37. The van der Waals surface area contributed by atoms with E-state index in [4.69, 9.17) is 4.74 Å². The SMILES string of the molecule is COc1c(C)c(C)c(C)c(C(O)O)c1C. The quantitative estimate of drug-likeness (QED) is 0.733. The van der Waals surface area contributed by atoms with E-state index in [0.29, 0.717) is 5.56 Å². The molecule has 1 rings (SSSR count). The van der Waals surface area contributed by atoms with Gasteiger partial charge in [-0.05, 0) is 49.9 Å². The maximum atomic E-state index is 9.32. The van der Waals surface area contributed by atoms with Crippen LogP contribution in [0.25, 0.3) is 0 Å². The fourth-order valence-electron chi connectivity index (χ4n) is 2.03. The van der Waals surface area contributed by atoms with Crippen molar-refractivity contribution in [3.05, 3.63) is 27.8 Å². The molecule has 0 heterocycles. The average molecular weight is 210 g/mol. The van der Waals surface area contributed by atoms with Crippen LogP contribution in [-0.2, 0) is 0 Å². The minimum absolute atomic E-state index is 0.551. The number of aliphatic hydroxyl groups excluding tert-OH is 1. The van der Waals surface area contributed by atoms with Crippen LogP contribution in [0.3, 0.4) is 0 Å². The van der Waals surface area contributed by atoms with Crippen molar-refractivity contribution >= 4 is 0 Å². The molecule has 0 saturated carbocycles. The lowest BCUT2D eigenvalue weighted by molar-refractivity contribution is -0.0435. The highest BCUT2D eigenvalue weighted by molar-refractivity contribution is 5.54. The molecule has 0 spiro atoms. The molecule has 0 aliphatic heterocycles. The van der Waals surface area contributed by atoms with Crippen LogP contribution >= 0.6 is 0 Å². The summed E-state index contributed by atoms with van der Waals surface area (Å²) in [7, 11) is 1.59. The zero-order valence-corrected chi connectivity index (χ0v) is 9.88. The number of hydrogen-bond donors (Lipinski definition) is 2. The molecule has 1 aromatic rings. The van der Waals surface area contributed by atoms with Crippen molar-refractivity contribution in [2.75, 3.05) is 7.11 Å². The van der Waals surface area contributed by atoms with Crippen molar-refractivity contribution in [2.45, 2.75) is 34.0 Å². The van der Waals surface area contributed by atoms with Crippen LogP contribution in [0.2, 0.25) is 0 Å². The standard InChI is InChI=1S/C12H18O3/c1-6-7(2)10(12(13)14)9(4)11(15-5)8(6)3/h12-14H,1-5H3. The molecule has 0 aliphatic rings. The zero-order chi connectivity index (χ0) is 11.7. The molecule has 0 aromatic heterocycles. The van der Waals surface area contributed by atoms with E-state index in [1.165, 1.54) is 0 Å². The predicted molar refractivity (Wildman–Crippen MR) is 59.1 cm³/mol. The highest BCUT2D eigenvalue weighted by Gasteiger charge is 2.18. The Balaban J connectivity index is 3.60. The summed E-state index contributed by atoms with van der Waals surface area (Å²) in [5, 5.41) is 18.6. The van der Waals surface area contributed by atoms with Crippen molar-refractivity contribution in [3.8, 4) is 5.75 Å². The van der Waals surface area contributed by atoms with Crippen molar-refractivity contribution in [1.82, 2.24) is 0 Å². The van der Waals surface area contributed by atoms with Gasteiger partial charge in [-0.25, -0.2) is 0 Å². The lowest BCUT2D eigenvalue weighted by atomic mass is 9.93. The topological polar surface area (TPSA) is 49.7 Å². The van der Waals surface area contributed by atoms with Gasteiger partial charge in [0, 0.05) is 5.56 Å². The Morgan fingerprint density at radius 1 is 0.867 bits per heavy atom. The van der Waals surface area contributed by atoms with Crippen LogP contribution in [0.1, 0.15) is 34.1 Å². The molecule has 1 aromatic carbocycles. The number of benzene rings is 1. The summed E-state index contributed by atoms with van der Waals surface area (Å²) >= 11 is 0. The van der Waals surface area contributed by atoms with E-state index < -0.39 is 6.29 Å². The molecule has 15 heavy (non-hydrogen) atoms. The molecule has 0 unspecified atom stereocenters. The lowest BCUT2D eigenvalue weighted by Crippen LogP contribution is -2.07. The minimum atomic E-state index is -1.45. The molecule has 0 bridgehead atoms. The summed E-state index contributed by atoms with van der Waals surface area (Å²) in [5.41, 5.74) is 4.36. The van der Waals surface area contributed by atoms with Gasteiger partial charge >= 0.3 is 0 Å². The van der Waals surface area contributed by atoms with Crippen molar-refractivity contribution in [3.63, 3.8) is 0 Å². The third kappa shape index (κ3) is 1.85. The van der Waals surface area contributed by atoms with Gasteiger partial charge in [-0.1, -0.05) is 0 Å². The van der Waals surface area contributed by atoms with Gasteiger partial charge in [-0.2, -0.15) is 0 Å². The molecule has 0 radical (unpaired) electrons. The summed E-state index contributed by atoms with van der Waals surface area (Å²) in [5.74, 6) is 0.737. The molecule has 0 fully saturated rings. The van der Waals surface area contributed by atoms with Gasteiger partial charge in [0.15, 0.2) is 6.29 Å². The van der Waals surface area contributed by atoms with Crippen molar-refractivity contribution in [2.24, 2.45) is 0 Å². The molecule has 0 saturated heterocycles. The maximum absolute atomic E-state index is 9.32. The van der Waals surface area contributed by atoms with Crippen molar-refractivity contribution in [1.29, 1.82) is 0 Å². The number of hydrogen-bond acceptors (Lipinski definition) is 3. The molecule has 0 aliphatic carbocycles. The summed E-state index contributed by atoms with van der Waals surface area (Å²) < 4.78 is 5.28. The number of ether oxygens (including phenoxy) is 1. The second kappa shape index (κ2) is 4.21. The Labute approximate surface area is 90.3 Å². The maximum Gasteiger partial charge on any atom is 0.179 e. The van der Waals surface area contributed by atoms with Gasteiger partial charge in [0.1, 0.15) is 5.75 Å². The largest absolute Gasteiger partial charge is 0.496 e. The van der Waals surface area contributed by atoms with Gasteiger partial charge in [0.05, 0.1) is 7.11 Å². The van der Waals surface area contributed by atoms with Crippen molar-refractivity contribution < 1.29 is 14.9 Å². The Morgan fingerprint density at radius 3 is 1.80 bits per heavy atom. The third-order valence-corrected chi connectivity index (χ3v) is 3.08. The number of methoxy groups -OCH3 is 1. The number of rotatable bonds is 2. The smallest absolute Gasteiger partial charge is 0.179 e. The highest BCUT2D eigenvalue weighted by Crippen LogP contribution is 2.34. The molecule has 3 heteroatoms. The Bertz CT molecular complexity index is 381. The fourth-order valence-corrected chi connectivity index (χ4v) is 2.03. The van der Waals surface area contributed by atoms with Gasteiger partial charge < -0.3 is 14.9 Å². The summed E-state index contributed by atoms with van der Waals surface area (Å²) in [4.78, 5) is 0. The fraction of sp³-hybridized carbons (Fsp3) is 0.500. The lowest BCUT2D eigenvalue weighted by Gasteiger charge is -2.20. The van der Waals surface area contributed by atoms with E-state index in [0.717, 1.165) is 28.0 Å². The van der Waals surface area contributed by atoms with Crippen LogP contribution in [0, 0.1) is 27.7 Å². The second-order valence-corrected chi connectivity index (χ2v) is 3.82. The van der Waals surface area contributed by atoms with E-state index >= 15 is 0 Å². The van der Waals surface area contributed by atoms with Gasteiger partial charge in [0.2, 0.25) is 0 Å². The first-order valence-corrected chi connectivity index (χ1v) is 4.92. The molecule has 84 valence electrons. The van der Waals surface area contributed by atoms with Crippen LogP contribution in [0.15, 0.2) is 0 Å². The molecular formula is C12H18O3. The van der Waals surface area contributed by atoms with Crippen LogP contribution < -0.4 is 4.74 Å².